The number of carboxylic acid groups (broad SMARTS) is 1. The summed E-state index contributed by atoms with van der Waals surface area (Å²) in [6.45, 7) is 3.21. The zero-order valence-corrected chi connectivity index (χ0v) is 15.9. The van der Waals surface area contributed by atoms with Gasteiger partial charge in [-0.3, -0.25) is 9.78 Å². The number of imidazole rings is 1. The Morgan fingerprint density at radius 2 is 2.07 bits per heavy atom. The molecule has 2 fully saturated rings. The summed E-state index contributed by atoms with van der Waals surface area (Å²) < 4.78 is 0. The van der Waals surface area contributed by atoms with E-state index in [1.165, 1.54) is 38.6 Å². The second-order valence-corrected chi connectivity index (χ2v) is 8.45. The lowest BCUT2D eigenvalue weighted by molar-refractivity contribution is -0.139. The minimum Gasteiger partial charge on any atom is -0.481 e. The number of nitrogens with zero attached hydrogens (tertiary/aromatic N) is 3. The number of likely N-dealkylation sites (tertiary alicyclic amines) is 1. The molecule has 2 aromatic heterocycles. The molecule has 0 spiro atoms. The van der Waals surface area contributed by atoms with Gasteiger partial charge in [0.05, 0.1) is 17.2 Å². The average molecular weight is 370 g/mol. The number of carbonyl (C=O) groups is 1. The Balaban J connectivity index is 1.44. The molecule has 1 aliphatic heterocycles. The number of carboxylic acids is 1. The van der Waals surface area contributed by atoms with Gasteiger partial charge in [0.15, 0.2) is 0 Å². The van der Waals surface area contributed by atoms with Gasteiger partial charge in [0.1, 0.15) is 5.82 Å². The standard InChI is InChI=1S/C21H30N4O2/c26-21(27)11-16-7-9-25(13-15-4-2-1-3-5-15)14-17(16)10-20-23-18-6-8-22-12-19(18)24-20/h6,8,12,15-17H,1-5,7,9-11,13-14H2,(H,23,24)(H,26,27)/t16-,17-/m0/s1. The zero-order valence-electron chi connectivity index (χ0n) is 15.9. The first-order chi connectivity index (χ1) is 13.2. The Morgan fingerprint density at radius 1 is 1.22 bits per heavy atom. The number of fused-ring (bicyclic) bond motifs is 1. The molecule has 1 saturated heterocycles. The molecule has 6 heteroatoms. The van der Waals surface area contributed by atoms with Crippen molar-refractivity contribution in [1.82, 2.24) is 19.9 Å². The average Bonchev–Trinajstić information content (AvgIpc) is 3.07. The third-order valence-electron chi connectivity index (χ3n) is 6.44. The smallest absolute Gasteiger partial charge is 0.303 e. The molecule has 2 atom stereocenters. The number of hydrogen-bond donors (Lipinski definition) is 2. The fourth-order valence-electron chi connectivity index (χ4n) is 5.04. The van der Waals surface area contributed by atoms with Gasteiger partial charge in [-0.15, -0.1) is 0 Å². The minimum atomic E-state index is -0.681. The maximum atomic E-state index is 11.4. The monoisotopic (exact) mass is 370 g/mol. The van der Waals surface area contributed by atoms with Crippen molar-refractivity contribution in [3.63, 3.8) is 0 Å². The Bertz CT molecular complexity index is 735. The molecule has 0 radical (unpaired) electrons. The third kappa shape index (κ3) is 4.67. The second kappa shape index (κ2) is 8.38. The van der Waals surface area contributed by atoms with Gasteiger partial charge in [0.2, 0.25) is 0 Å². The Morgan fingerprint density at radius 3 is 2.85 bits per heavy atom. The topological polar surface area (TPSA) is 82.1 Å². The highest BCUT2D eigenvalue weighted by Gasteiger charge is 2.32. The van der Waals surface area contributed by atoms with E-state index in [1.54, 1.807) is 12.4 Å². The van der Waals surface area contributed by atoms with Crippen molar-refractivity contribution < 1.29 is 9.90 Å². The van der Waals surface area contributed by atoms with Crippen LogP contribution in [-0.4, -0.2) is 50.6 Å². The van der Waals surface area contributed by atoms with Crippen LogP contribution in [-0.2, 0) is 11.2 Å². The van der Waals surface area contributed by atoms with Gasteiger partial charge >= 0.3 is 5.97 Å². The summed E-state index contributed by atoms with van der Waals surface area (Å²) >= 11 is 0. The third-order valence-corrected chi connectivity index (χ3v) is 6.44. The summed E-state index contributed by atoms with van der Waals surface area (Å²) in [5.41, 5.74) is 1.89. The van der Waals surface area contributed by atoms with Gasteiger partial charge in [-0.1, -0.05) is 19.3 Å². The zero-order chi connectivity index (χ0) is 18.6. The van der Waals surface area contributed by atoms with Crippen LogP contribution < -0.4 is 0 Å². The fourth-order valence-corrected chi connectivity index (χ4v) is 5.04. The van der Waals surface area contributed by atoms with Gasteiger partial charge in [0.25, 0.3) is 0 Å². The van der Waals surface area contributed by atoms with Crippen LogP contribution in [0, 0.1) is 17.8 Å². The lowest BCUT2D eigenvalue weighted by Crippen LogP contribution is -2.44. The van der Waals surface area contributed by atoms with Crippen LogP contribution in [0.3, 0.4) is 0 Å². The number of aromatic nitrogens is 3. The molecule has 146 valence electrons. The van der Waals surface area contributed by atoms with Crippen molar-refractivity contribution in [2.24, 2.45) is 17.8 Å². The number of nitrogens with one attached hydrogen (secondary N) is 1. The quantitative estimate of drug-likeness (QED) is 0.813. The van der Waals surface area contributed by atoms with Crippen molar-refractivity contribution in [3.8, 4) is 0 Å². The minimum absolute atomic E-state index is 0.233. The molecule has 0 amide bonds. The number of aromatic amines is 1. The summed E-state index contributed by atoms with van der Waals surface area (Å²) in [6.07, 6.45) is 12.5. The number of hydrogen-bond acceptors (Lipinski definition) is 4. The highest BCUT2D eigenvalue weighted by molar-refractivity contribution is 5.73. The van der Waals surface area contributed by atoms with E-state index in [0.717, 1.165) is 48.7 Å². The number of aliphatic carboxylic acids is 1. The van der Waals surface area contributed by atoms with Crippen LogP contribution in [0.2, 0.25) is 0 Å². The molecule has 2 aromatic rings. The molecule has 0 bridgehead atoms. The number of pyridine rings is 1. The maximum Gasteiger partial charge on any atom is 0.303 e. The van der Waals surface area contributed by atoms with E-state index >= 15 is 0 Å². The molecule has 27 heavy (non-hydrogen) atoms. The maximum absolute atomic E-state index is 11.4. The molecule has 1 aliphatic carbocycles. The highest BCUT2D eigenvalue weighted by atomic mass is 16.4. The first kappa shape index (κ1) is 18.4. The van der Waals surface area contributed by atoms with Crippen LogP contribution in [0.15, 0.2) is 18.5 Å². The molecule has 2 N–H and O–H groups in total. The van der Waals surface area contributed by atoms with Crippen LogP contribution >= 0.6 is 0 Å². The van der Waals surface area contributed by atoms with E-state index in [-0.39, 0.29) is 12.3 Å². The van der Waals surface area contributed by atoms with Gasteiger partial charge in [-0.2, -0.15) is 0 Å². The molecular formula is C21H30N4O2. The summed E-state index contributed by atoms with van der Waals surface area (Å²) in [7, 11) is 0. The van der Waals surface area contributed by atoms with Crippen molar-refractivity contribution >= 4 is 17.0 Å². The molecular weight excluding hydrogens is 340 g/mol. The second-order valence-electron chi connectivity index (χ2n) is 8.45. The van der Waals surface area contributed by atoms with Gasteiger partial charge in [-0.05, 0) is 49.6 Å². The van der Waals surface area contributed by atoms with E-state index < -0.39 is 5.97 Å². The van der Waals surface area contributed by atoms with Crippen LogP contribution in [0.1, 0.15) is 50.8 Å². The predicted octanol–water partition coefficient (Wildman–Crippen LogP) is 3.49. The van der Waals surface area contributed by atoms with Gasteiger partial charge < -0.3 is 15.0 Å². The van der Waals surface area contributed by atoms with Crippen molar-refractivity contribution in [1.29, 1.82) is 0 Å². The van der Waals surface area contributed by atoms with Crippen LogP contribution in [0.4, 0.5) is 0 Å². The van der Waals surface area contributed by atoms with E-state index in [4.69, 9.17) is 4.98 Å². The van der Waals surface area contributed by atoms with Crippen molar-refractivity contribution in [2.45, 2.75) is 51.4 Å². The Kier molecular flexibility index (Phi) is 5.72. The highest BCUT2D eigenvalue weighted by Crippen LogP contribution is 2.32. The van der Waals surface area contributed by atoms with Gasteiger partial charge in [0, 0.05) is 32.1 Å². The lowest BCUT2D eigenvalue weighted by Gasteiger charge is -2.40. The Hall–Kier alpha value is -1.95. The number of H-pyrrole nitrogens is 1. The normalized spacial score (nSPS) is 25.0. The SMILES string of the molecule is O=C(O)C[C@@H]1CCN(CC2CCCCC2)C[C@@H]1Cc1nc2ccncc2[nH]1. The van der Waals surface area contributed by atoms with Crippen LogP contribution in [0.5, 0.6) is 0 Å². The van der Waals surface area contributed by atoms with Crippen LogP contribution in [0.25, 0.3) is 11.0 Å². The van der Waals surface area contributed by atoms with E-state index in [9.17, 15) is 9.90 Å². The predicted molar refractivity (Wildman–Crippen MR) is 104 cm³/mol. The molecule has 4 rings (SSSR count). The molecule has 0 aromatic carbocycles. The first-order valence-corrected chi connectivity index (χ1v) is 10.4. The summed E-state index contributed by atoms with van der Waals surface area (Å²) in [6, 6.07) is 1.92. The molecule has 3 heterocycles. The van der Waals surface area contributed by atoms with Crippen molar-refractivity contribution in [3.05, 3.63) is 24.3 Å². The summed E-state index contributed by atoms with van der Waals surface area (Å²) in [5.74, 6) is 1.67. The van der Waals surface area contributed by atoms with Gasteiger partial charge in [-0.25, -0.2) is 4.98 Å². The largest absolute Gasteiger partial charge is 0.481 e. The lowest BCUT2D eigenvalue weighted by atomic mass is 9.80. The fraction of sp³-hybridized carbons (Fsp3) is 0.667. The number of piperidine rings is 1. The molecule has 6 nitrogen and oxygen atoms in total. The molecule has 2 aliphatic rings. The van der Waals surface area contributed by atoms with Crippen molar-refractivity contribution in [2.75, 3.05) is 19.6 Å². The summed E-state index contributed by atoms with van der Waals surface area (Å²) in [5, 5.41) is 9.35. The first-order valence-electron chi connectivity index (χ1n) is 10.4. The summed E-state index contributed by atoms with van der Waals surface area (Å²) in [4.78, 5) is 26.2. The van der Waals surface area contributed by atoms with E-state index in [1.807, 2.05) is 6.07 Å². The van der Waals surface area contributed by atoms with E-state index in [0.29, 0.717) is 5.92 Å². The molecule has 0 unspecified atom stereocenters. The Labute approximate surface area is 160 Å². The number of rotatable bonds is 6. The van der Waals surface area contributed by atoms with E-state index in [2.05, 4.69) is 14.9 Å². The molecule has 1 saturated carbocycles.